The molecule has 1 aliphatic heterocycles. The summed E-state index contributed by atoms with van der Waals surface area (Å²) in [6.45, 7) is 3.05. The number of anilines is 1. The van der Waals surface area contributed by atoms with Crippen LogP contribution in [0.5, 0.6) is 11.6 Å². The van der Waals surface area contributed by atoms with Crippen molar-refractivity contribution in [2.75, 3.05) is 38.5 Å². The van der Waals surface area contributed by atoms with Crippen molar-refractivity contribution in [1.29, 1.82) is 0 Å². The highest BCUT2D eigenvalue weighted by atomic mass is 35.5. The Morgan fingerprint density at radius 2 is 1.89 bits per heavy atom. The molecule has 0 aliphatic carbocycles. The van der Waals surface area contributed by atoms with Crippen LogP contribution in [0.4, 0.5) is 18.9 Å². The number of nitrogens with zero attached hydrogens (tertiary/aromatic N) is 5. The molecule has 9 nitrogen and oxygen atoms in total. The third-order valence-corrected chi connectivity index (χ3v) is 7.69. The molecule has 0 atom stereocenters. The summed E-state index contributed by atoms with van der Waals surface area (Å²) in [5.41, 5.74) is 1.16. The number of fused-ring (bicyclic) bond motifs is 1. The van der Waals surface area contributed by atoms with Gasteiger partial charge in [-0.1, -0.05) is 17.7 Å². The molecule has 4 heterocycles. The van der Waals surface area contributed by atoms with E-state index in [1.54, 1.807) is 36.8 Å². The average molecular weight is 622 g/mol. The van der Waals surface area contributed by atoms with Gasteiger partial charge in [0.1, 0.15) is 11.3 Å². The molecule has 0 unspecified atom stereocenters. The molecule has 13 heteroatoms. The number of carbonyl (C=O) groups is 1. The van der Waals surface area contributed by atoms with Crippen LogP contribution in [0, 0.1) is 0 Å². The smallest absolute Gasteiger partial charge is 0.416 e. The van der Waals surface area contributed by atoms with Crippen molar-refractivity contribution in [1.82, 2.24) is 29.7 Å². The van der Waals surface area contributed by atoms with Crippen LogP contribution in [-0.4, -0.2) is 68.9 Å². The summed E-state index contributed by atoms with van der Waals surface area (Å²) in [7, 11) is 1.98. The highest BCUT2D eigenvalue weighted by Crippen LogP contribution is 2.35. The molecule has 44 heavy (non-hydrogen) atoms. The summed E-state index contributed by atoms with van der Waals surface area (Å²) in [5, 5.41) is 2.80. The molecule has 2 aromatic carbocycles. The number of pyridine rings is 1. The third-order valence-electron chi connectivity index (χ3n) is 7.36. The van der Waals surface area contributed by atoms with E-state index >= 15 is 0 Å². The first-order chi connectivity index (χ1) is 21.1. The van der Waals surface area contributed by atoms with Crippen molar-refractivity contribution in [3.63, 3.8) is 0 Å². The van der Waals surface area contributed by atoms with Crippen molar-refractivity contribution in [3.05, 3.63) is 94.9 Å². The van der Waals surface area contributed by atoms with Gasteiger partial charge in [-0.25, -0.2) is 4.98 Å². The zero-order valence-corrected chi connectivity index (χ0v) is 24.3. The molecule has 1 amide bonds. The predicted octanol–water partition coefficient (Wildman–Crippen LogP) is 6.48. The highest BCUT2D eigenvalue weighted by molar-refractivity contribution is 6.34. The summed E-state index contributed by atoms with van der Waals surface area (Å²) in [6, 6.07) is 13.6. The van der Waals surface area contributed by atoms with Gasteiger partial charge >= 0.3 is 6.18 Å². The van der Waals surface area contributed by atoms with Crippen LogP contribution in [0.2, 0.25) is 5.02 Å². The minimum absolute atomic E-state index is 0.123. The number of piperazine rings is 1. The monoisotopic (exact) mass is 621 g/mol. The Balaban J connectivity index is 1.24. The number of hydrogen-bond acceptors (Lipinski definition) is 7. The fourth-order valence-corrected chi connectivity index (χ4v) is 5.12. The van der Waals surface area contributed by atoms with Crippen LogP contribution in [0.1, 0.15) is 21.5 Å². The number of alkyl halides is 3. The zero-order valence-electron chi connectivity index (χ0n) is 23.5. The highest BCUT2D eigenvalue weighted by Gasteiger charge is 2.34. The van der Waals surface area contributed by atoms with Gasteiger partial charge in [-0.3, -0.25) is 14.7 Å². The van der Waals surface area contributed by atoms with Crippen LogP contribution >= 0.6 is 11.6 Å². The lowest BCUT2D eigenvalue weighted by Crippen LogP contribution is -2.44. The maximum absolute atomic E-state index is 14.1. The Morgan fingerprint density at radius 1 is 1.07 bits per heavy atom. The van der Waals surface area contributed by atoms with Crippen LogP contribution in [0.15, 0.2) is 73.2 Å². The minimum Gasteiger partial charge on any atom is -0.437 e. The van der Waals surface area contributed by atoms with Gasteiger partial charge in [-0.15, -0.1) is 0 Å². The number of hydrogen-bond donors (Lipinski definition) is 2. The maximum Gasteiger partial charge on any atom is 0.416 e. The number of carbonyl (C=O) groups excluding carboxylic acids is 1. The molecule has 1 fully saturated rings. The Morgan fingerprint density at radius 3 is 2.64 bits per heavy atom. The van der Waals surface area contributed by atoms with Crippen LogP contribution in [-0.2, 0) is 12.7 Å². The number of ether oxygens (including phenoxy) is 1. The first-order valence-electron chi connectivity index (χ1n) is 13.8. The van der Waals surface area contributed by atoms with E-state index in [4.69, 9.17) is 16.3 Å². The molecule has 6 rings (SSSR count). The molecular formula is C31H27ClF3N7O2. The Labute approximate surface area is 255 Å². The first-order valence-corrected chi connectivity index (χ1v) is 14.2. The Hall–Kier alpha value is -4.52. The van der Waals surface area contributed by atoms with Gasteiger partial charge in [-0.05, 0) is 55.1 Å². The van der Waals surface area contributed by atoms with Gasteiger partial charge in [-0.2, -0.15) is 18.2 Å². The topological polar surface area (TPSA) is 99.3 Å². The van der Waals surface area contributed by atoms with Gasteiger partial charge in [0.2, 0.25) is 5.88 Å². The third kappa shape index (κ3) is 6.52. The van der Waals surface area contributed by atoms with Crippen molar-refractivity contribution in [2.24, 2.45) is 0 Å². The number of nitrogens with one attached hydrogen (secondary N) is 2. The van der Waals surface area contributed by atoms with Gasteiger partial charge in [0.05, 0.1) is 21.8 Å². The summed E-state index contributed by atoms with van der Waals surface area (Å²) < 4.78 is 48.3. The van der Waals surface area contributed by atoms with Crippen LogP contribution in [0.3, 0.4) is 0 Å². The summed E-state index contributed by atoms with van der Waals surface area (Å²) in [6.07, 6.45) is 0.361. The van der Waals surface area contributed by atoms with E-state index in [9.17, 15) is 18.0 Å². The Kier molecular flexibility index (Phi) is 8.21. The second kappa shape index (κ2) is 12.2. The summed E-state index contributed by atoms with van der Waals surface area (Å²) >= 11 is 6.36. The average Bonchev–Trinajstić information content (AvgIpc) is 3.49. The molecule has 1 saturated heterocycles. The predicted molar refractivity (Wildman–Crippen MR) is 161 cm³/mol. The van der Waals surface area contributed by atoms with E-state index in [2.05, 4.69) is 30.2 Å². The van der Waals surface area contributed by atoms with Gasteiger partial charge in [0.25, 0.3) is 5.91 Å². The molecular weight excluding hydrogens is 595 g/mol. The second-order valence-corrected chi connectivity index (χ2v) is 10.9. The van der Waals surface area contributed by atoms with E-state index < -0.39 is 17.6 Å². The lowest BCUT2D eigenvalue weighted by Gasteiger charge is -2.33. The molecule has 226 valence electrons. The second-order valence-electron chi connectivity index (χ2n) is 10.5. The minimum atomic E-state index is -4.63. The fourth-order valence-electron chi connectivity index (χ4n) is 4.95. The summed E-state index contributed by atoms with van der Waals surface area (Å²) in [5.74, 6) is 0.173. The van der Waals surface area contributed by atoms with Crippen molar-refractivity contribution >= 4 is 34.2 Å². The molecule has 0 bridgehead atoms. The van der Waals surface area contributed by atoms with Gasteiger partial charge in [0, 0.05) is 68.5 Å². The number of likely N-dealkylation sites (N-methyl/N-ethyl adjacent to an activating group) is 1. The molecule has 2 N–H and O–H groups in total. The van der Waals surface area contributed by atoms with Crippen molar-refractivity contribution in [2.45, 2.75) is 12.7 Å². The zero-order chi connectivity index (χ0) is 30.8. The fraction of sp³-hybridized carbons (Fsp3) is 0.226. The molecule has 0 radical (unpaired) electrons. The van der Waals surface area contributed by atoms with E-state index in [-0.39, 0.29) is 40.0 Å². The first kappa shape index (κ1) is 29.5. The largest absolute Gasteiger partial charge is 0.437 e. The number of rotatable bonds is 7. The number of aromatic amines is 1. The van der Waals surface area contributed by atoms with Gasteiger partial charge < -0.3 is 19.9 Å². The molecule has 0 spiro atoms. The van der Waals surface area contributed by atoms with Crippen LogP contribution < -0.4 is 10.1 Å². The number of amides is 1. The molecule has 1 aliphatic rings. The lowest BCUT2D eigenvalue weighted by molar-refractivity contribution is -0.138. The maximum atomic E-state index is 14.1. The van der Waals surface area contributed by atoms with Crippen molar-refractivity contribution < 1.29 is 22.7 Å². The molecule has 0 saturated carbocycles. The standard InChI is InChI=1S/C31H27ClF3N7O2/c1-41-11-13-42(14-12-41)18-21-5-4-19(15-23(21)31(33,34)35)29(43)39-26-16-22(6-7-24(26)32)44-30-27-25(8-10-37-27)38-28(40-30)20-3-2-9-36-17-20/h2-10,15-17,37H,11-14,18H2,1H3,(H,39,43). The van der Waals surface area contributed by atoms with E-state index in [0.29, 0.717) is 35.5 Å². The van der Waals surface area contributed by atoms with Gasteiger partial charge in [0.15, 0.2) is 5.82 Å². The number of aromatic nitrogens is 4. The van der Waals surface area contributed by atoms with E-state index in [0.717, 1.165) is 19.2 Å². The summed E-state index contributed by atoms with van der Waals surface area (Å²) in [4.78, 5) is 33.6. The quantitative estimate of drug-likeness (QED) is 0.214. The lowest BCUT2D eigenvalue weighted by atomic mass is 10.0. The van der Waals surface area contributed by atoms with E-state index in [1.165, 1.54) is 24.3 Å². The molecule has 5 aromatic rings. The normalized spacial score (nSPS) is 14.6. The van der Waals surface area contributed by atoms with Crippen molar-refractivity contribution in [3.8, 4) is 23.0 Å². The van der Waals surface area contributed by atoms with Crippen LogP contribution in [0.25, 0.3) is 22.4 Å². The Bertz CT molecular complexity index is 1810. The van der Waals surface area contributed by atoms with E-state index in [1.807, 2.05) is 18.0 Å². The SMILES string of the molecule is CN1CCN(Cc2ccc(C(=O)Nc3cc(Oc4nc(-c5cccnc5)nc5cc[nH]c45)ccc3Cl)cc2C(F)(F)F)CC1. The molecule has 3 aromatic heterocycles. The number of benzene rings is 2. The number of halogens is 4. The number of H-pyrrole nitrogens is 1.